The predicted octanol–water partition coefficient (Wildman–Crippen LogP) is 3.40. The van der Waals surface area contributed by atoms with Crippen molar-refractivity contribution in [3.8, 4) is 0 Å². The zero-order valence-corrected chi connectivity index (χ0v) is 10.8. The fourth-order valence-electron chi connectivity index (χ4n) is 1.65. The molecular weight excluding hydrogens is 259 g/mol. The number of nitrogens with one attached hydrogen (secondary N) is 1. The van der Waals surface area contributed by atoms with Gasteiger partial charge < -0.3 is 0 Å². The van der Waals surface area contributed by atoms with Gasteiger partial charge >= 0.3 is 0 Å². The molecule has 0 saturated carbocycles. The van der Waals surface area contributed by atoms with Crippen LogP contribution in [0.5, 0.6) is 0 Å². The van der Waals surface area contributed by atoms with Gasteiger partial charge in [-0.3, -0.25) is 5.84 Å². The molecule has 1 atom stereocenters. The Morgan fingerprint density at radius 2 is 2.24 bits per heavy atom. The zero-order chi connectivity index (χ0) is 12.4. The van der Waals surface area contributed by atoms with E-state index in [4.69, 9.17) is 17.4 Å². The van der Waals surface area contributed by atoms with E-state index in [1.54, 1.807) is 6.07 Å². The lowest BCUT2D eigenvalue weighted by molar-refractivity contribution is 0.609. The van der Waals surface area contributed by atoms with Gasteiger partial charge in [0.1, 0.15) is 5.82 Å². The van der Waals surface area contributed by atoms with Crippen LogP contribution in [0, 0.1) is 12.7 Å². The minimum Gasteiger partial charge on any atom is -0.271 e. The molecule has 17 heavy (non-hydrogen) atoms. The minimum atomic E-state index is -0.285. The number of hydrogen-bond donors (Lipinski definition) is 2. The van der Waals surface area contributed by atoms with Gasteiger partial charge in [0.15, 0.2) is 0 Å². The Bertz CT molecular complexity index is 527. The van der Waals surface area contributed by atoms with Crippen molar-refractivity contribution in [3.63, 3.8) is 0 Å². The number of benzene rings is 1. The summed E-state index contributed by atoms with van der Waals surface area (Å²) in [4.78, 5) is 0.900. The molecule has 1 unspecified atom stereocenters. The average molecular weight is 271 g/mol. The monoisotopic (exact) mass is 270 g/mol. The van der Waals surface area contributed by atoms with Crippen LogP contribution < -0.4 is 11.3 Å². The van der Waals surface area contributed by atoms with E-state index in [9.17, 15) is 4.39 Å². The SMILES string of the molecule is Cc1csc(C(NN)c2cccc(F)c2)c1Cl. The first-order chi connectivity index (χ1) is 8.13. The van der Waals surface area contributed by atoms with Crippen molar-refractivity contribution in [2.75, 3.05) is 0 Å². The Balaban J connectivity index is 2.44. The van der Waals surface area contributed by atoms with Gasteiger partial charge in [-0.1, -0.05) is 23.7 Å². The molecule has 0 bridgehead atoms. The standard InChI is InChI=1S/C12H12ClFN2S/c1-7-6-17-12(10(7)13)11(16-15)8-3-2-4-9(14)5-8/h2-6,11,16H,15H2,1H3. The number of hydrazine groups is 1. The van der Waals surface area contributed by atoms with Crippen LogP contribution >= 0.6 is 22.9 Å². The summed E-state index contributed by atoms with van der Waals surface area (Å²) < 4.78 is 13.2. The number of halogens is 2. The molecule has 0 fully saturated rings. The summed E-state index contributed by atoms with van der Waals surface area (Å²) in [6, 6.07) is 6.05. The molecule has 0 spiro atoms. The summed E-state index contributed by atoms with van der Waals surface area (Å²) in [6.45, 7) is 1.93. The molecule has 0 aliphatic heterocycles. The van der Waals surface area contributed by atoms with Gasteiger partial charge in [0.25, 0.3) is 0 Å². The van der Waals surface area contributed by atoms with Crippen molar-refractivity contribution >= 4 is 22.9 Å². The molecule has 1 heterocycles. The van der Waals surface area contributed by atoms with Crippen molar-refractivity contribution < 1.29 is 4.39 Å². The molecule has 1 aromatic heterocycles. The van der Waals surface area contributed by atoms with E-state index in [2.05, 4.69) is 5.43 Å². The molecule has 5 heteroatoms. The summed E-state index contributed by atoms with van der Waals surface area (Å²) in [5, 5.41) is 2.64. The summed E-state index contributed by atoms with van der Waals surface area (Å²) >= 11 is 7.71. The first kappa shape index (κ1) is 12.5. The molecule has 0 radical (unpaired) electrons. The third kappa shape index (κ3) is 2.50. The lowest BCUT2D eigenvalue weighted by Gasteiger charge is -2.15. The Hall–Kier alpha value is -0.940. The van der Waals surface area contributed by atoms with Gasteiger partial charge in [-0.25, -0.2) is 9.82 Å². The maximum absolute atomic E-state index is 13.2. The topological polar surface area (TPSA) is 38.0 Å². The maximum atomic E-state index is 13.2. The van der Waals surface area contributed by atoms with Gasteiger partial charge in [-0.15, -0.1) is 11.3 Å². The van der Waals surface area contributed by atoms with E-state index in [0.29, 0.717) is 5.02 Å². The van der Waals surface area contributed by atoms with Crippen LogP contribution in [0.25, 0.3) is 0 Å². The van der Waals surface area contributed by atoms with Crippen LogP contribution in [0.3, 0.4) is 0 Å². The zero-order valence-electron chi connectivity index (χ0n) is 9.21. The number of rotatable bonds is 3. The van der Waals surface area contributed by atoms with Crippen LogP contribution in [0.2, 0.25) is 5.02 Å². The second-order valence-corrected chi connectivity index (χ2v) is 5.04. The molecule has 0 aliphatic carbocycles. The van der Waals surface area contributed by atoms with Crippen molar-refractivity contribution in [2.45, 2.75) is 13.0 Å². The predicted molar refractivity (Wildman–Crippen MR) is 69.6 cm³/mol. The number of aryl methyl sites for hydroxylation is 1. The minimum absolute atomic E-state index is 0.281. The highest BCUT2D eigenvalue weighted by Gasteiger charge is 2.19. The molecule has 2 aromatic rings. The van der Waals surface area contributed by atoms with Crippen LogP contribution in [0.15, 0.2) is 29.6 Å². The Morgan fingerprint density at radius 1 is 1.47 bits per heavy atom. The molecule has 3 N–H and O–H groups in total. The highest BCUT2D eigenvalue weighted by Crippen LogP contribution is 2.35. The highest BCUT2D eigenvalue weighted by atomic mass is 35.5. The van der Waals surface area contributed by atoms with Crippen molar-refractivity contribution in [1.29, 1.82) is 0 Å². The maximum Gasteiger partial charge on any atom is 0.123 e. The molecule has 0 amide bonds. The largest absolute Gasteiger partial charge is 0.271 e. The second kappa shape index (κ2) is 5.14. The third-order valence-corrected chi connectivity index (χ3v) is 4.31. The van der Waals surface area contributed by atoms with Crippen molar-refractivity contribution in [3.05, 3.63) is 56.5 Å². The van der Waals surface area contributed by atoms with E-state index in [1.807, 2.05) is 18.4 Å². The van der Waals surface area contributed by atoms with E-state index >= 15 is 0 Å². The summed E-state index contributed by atoms with van der Waals surface area (Å²) in [6.07, 6.45) is 0. The molecule has 0 saturated heterocycles. The highest BCUT2D eigenvalue weighted by molar-refractivity contribution is 7.10. The Morgan fingerprint density at radius 3 is 2.76 bits per heavy atom. The van der Waals surface area contributed by atoms with Gasteiger partial charge in [0, 0.05) is 4.88 Å². The quantitative estimate of drug-likeness (QED) is 0.663. The molecule has 0 aliphatic rings. The fraction of sp³-hybridized carbons (Fsp3) is 0.167. The second-order valence-electron chi connectivity index (χ2n) is 3.75. The lowest BCUT2D eigenvalue weighted by atomic mass is 10.1. The summed E-state index contributed by atoms with van der Waals surface area (Å²) in [5.74, 6) is 5.26. The smallest absolute Gasteiger partial charge is 0.123 e. The summed E-state index contributed by atoms with van der Waals surface area (Å²) in [5.41, 5.74) is 4.44. The normalized spacial score (nSPS) is 12.7. The van der Waals surface area contributed by atoms with E-state index < -0.39 is 0 Å². The summed E-state index contributed by atoms with van der Waals surface area (Å²) in [7, 11) is 0. The molecular formula is C12H12ClFN2S. The first-order valence-corrected chi connectivity index (χ1v) is 6.34. The number of thiophene rings is 1. The molecule has 90 valence electrons. The van der Waals surface area contributed by atoms with E-state index in [0.717, 1.165) is 16.0 Å². The van der Waals surface area contributed by atoms with Crippen molar-refractivity contribution in [1.82, 2.24) is 5.43 Å². The fourth-order valence-corrected chi connectivity index (χ4v) is 3.04. The van der Waals surface area contributed by atoms with Crippen LogP contribution in [0.4, 0.5) is 4.39 Å². The Kier molecular flexibility index (Phi) is 3.79. The van der Waals surface area contributed by atoms with Crippen LogP contribution in [-0.2, 0) is 0 Å². The average Bonchev–Trinajstić information content (AvgIpc) is 2.63. The van der Waals surface area contributed by atoms with Crippen molar-refractivity contribution in [2.24, 2.45) is 5.84 Å². The van der Waals surface area contributed by atoms with Crippen LogP contribution in [-0.4, -0.2) is 0 Å². The number of nitrogens with two attached hydrogens (primary N) is 1. The van der Waals surface area contributed by atoms with Gasteiger partial charge in [0.2, 0.25) is 0 Å². The molecule has 2 rings (SSSR count). The van der Waals surface area contributed by atoms with Gasteiger partial charge in [-0.2, -0.15) is 0 Å². The van der Waals surface area contributed by atoms with E-state index in [1.165, 1.54) is 23.5 Å². The third-order valence-electron chi connectivity index (χ3n) is 2.54. The van der Waals surface area contributed by atoms with Gasteiger partial charge in [-0.05, 0) is 35.6 Å². The van der Waals surface area contributed by atoms with E-state index in [-0.39, 0.29) is 11.9 Å². The number of hydrogen-bond acceptors (Lipinski definition) is 3. The molecule has 1 aromatic carbocycles. The Labute approximate surface area is 108 Å². The first-order valence-electron chi connectivity index (χ1n) is 5.08. The molecule has 2 nitrogen and oxygen atoms in total. The van der Waals surface area contributed by atoms with Crippen LogP contribution in [0.1, 0.15) is 22.0 Å². The lowest BCUT2D eigenvalue weighted by Crippen LogP contribution is -2.28. The van der Waals surface area contributed by atoms with Gasteiger partial charge in [0.05, 0.1) is 11.1 Å².